The highest BCUT2D eigenvalue weighted by molar-refractivity contribution is 6.09. The molecule has 0 spiro atoms. The predicted octanol–water partition coefficient (Wildman–Crippen LogP) is -0.291. The van der Waals surface area contributed by atoms with E-state index in [1.54, 1.807) is 12.1 Å². The van der Waals surface area contributed by atoms with Crippen molar-refractivity contribution in [3.63, 3.8) is 0 Å². The van der Waals surface area contributed by atoms with Crippen LogP contribution in [0.15, 0.2) is 59.0 Å². The lowest BCUT2D eigenvalue weighted by molar-refractivity contribution is -0.386. The Hall–Kier alpha value is -5.22. The molecule has 0 bridgehead atoms. The minimum absolute atomic E-state index is 0.0592. The van der Waals surface area contributed by atoms with E-state index in [-0.39, 0.29) is 43.2 Å². The van der Waals surface area contributed by atoms with Gasteiger partial charge in [0.2, 0.25) is 11.3 Å². The Balaban J connectivity index is 0.859. The van der Waals surface area contributed by atoms with E-state index in [0.717, 1.165) is 30.3 Å². The average Bonchev–Trinajstić information content (AvgIpc) is 3.42. The number of carbonyl (C=O) groups is 3. The van der Waals surface area contributed by atoms with Crippen LogP contribution in [0.1, 0.15) is 72.6 Å². The maximum Gasteiger partial charge on any atom is 0.336 e. The van der Waals surface area contributed by atoms with Gasteiger partial charge in [-0.2, -0.15) is 0 Å². The van der Waals surface area contributed by atoms with Crippen LogP contribution >= 0.6 is 0 Å². The van der Waals surface area contributed by atoms with E-state index in [2.05, 4.69) is 10.6 Å². The first-order valence-corrected chi connectivity index (χ1v) is 25.6. The molecule has 14 atom stereocenters. The molecule has 4 heterocycles. The molecule has 2 aromatic carbocycles. The van der Waals surface area contributed by atoms with Gasteiger partial charge in [-0.05, 0) is 55.7 Å². The number of unbranched alkanes of at least 4 members (excludes halogenated alkanes) is 5. The Morgan fingerprint density at radius 1 is 0.724 bits per heavy atom. The largest absolute Gasteiger partial charge is 0.478 e. The molecule has 0 saturated carbocycles. The molecule has 11 N–H and O–H groups in total. The number of nitrogens with zero attached hydrogens (tertiary/aromatic N) is 2. The van der Waals surface area contributed by atoms with E-state index < -0.39 is 111 Å². The molecule has 0 radical (unpaired) electrons. The van der Waals surface area contributed by atoms with Gasteiger partial charge in [0, 0.05) is 80.1 Å². The molecule has 0 unspecified atom stereocenters. The number of anilines is 1. The number of hydrogen-bond donors (Lipinski definition) is 11. The number of aliphatic hydroxyl groups is 8. The Labute approximate surface area is 439 Å². The second kappa shape index (κ2) is 26.4. The minimum Gasteiger partial charge on any atom is -0.478 e. The fourth-order valence-corrected chi connectivity index (χ4v) is 9.47. The van der Waals surface area contributed by atoms with Crippen molar-refractivity contribution in [2.45, 2.75) is 138 Å². The Bertz CT molecular complexity index is 2650. The van der Waals surface area contributed by atoms with E-state index in [1.165, 1.54) is 13.0 Å². The summed E-state index contributed by atoms with van der Waals surface area (Å²) in [6, 6.07) is 16.1. The van der Waals surface area contributed by atoms with Crippen LogP contribution in [0.2, 0.25) is 0 Å². The molecule has 2 amide bonds. The lowest BCUT2D eigenvalue weighted by atomic mass is 9.89. The number of ether oxygens (including phenoxy) is 6. The summed E-state index contributed by atoms with van der Waals surface area (Å²) >= 11 is 0. The van der Waals surface area contributed by atoms with Gasteiger partial charge in [0.05, 0.1) is 30.9 Å². The Morgan fingerprint density at radius 2 is 1.41 bits per heavy atom. The predicted molar refractivity (Wildman–Crippen MR) is 272 cm³/mol. The van der Waals surface area contributed by atoms with Gasteiger partial charge in [0.15, 0.2) is 18.9 Å². The van der Waals surface area contributed by atoms with Gasteiger partial charge < -0.3 is 94.3 Å². The number of benzene rings is 3. The van der Waals surface area contributed by atoms with Gasteiger partial charge in [-0.25, -0.2) is 9.37 Å². The SMILES string of the molecule is C[C@@H]1O[C@@H](O[C@H]2[C@H](OCCCCCCCCC(=O)NCCNC(=O)c3ccc(-c4c5ccc(=[N+](C)C)cc-5oc5cc(N(C)C)ccc45)c(C(=O)O)c3)O[C@H](CO)[C@H](O)[C@@H]2O[C@H]2OC[C@H](O)[C@H](O)[C@H]2O)[C@@H](O)[C@H](O)[C@@H]1O. The number of aliphatic hydroxyl groups excluding tert-OH is 8. The maximum atomic E-state index is 13.3. The first kappa shape index (κ1) is 58.5. The molecule has 1 aliphatic carbocycles. The number of rotatable bonds is 22. The molecule has 3 saturated heterocycles. The van der Waals surface area contributed by atoms with Crippen molar-refractivity contribution in [1.29, 1.82) is 0 Å². The summed E-state index contributed by atoms with van der Waals surface area (Å²) in [7, 11) is 7.68. The van der Waals surface area contributed by atoms with E-state index in [4.69, 9.17) is 32.8 Å². The van der Waals surface area contributed by atoms with Crippen molar-refractivity contribution in [2.24, 2.45) is 0 Å². The summed E-state index contributed by atoms with van der Waals surface area (Å²) < 4.78 is 43.2. The average molecular weight is 1070 g/mol. The van der Waals surface area contributed by atoms with Gasteiger partial charge in [0.1, 0.15) is 86.5 Å². The summed E-state index contributed by atoms with van der Waals surface area (Å²) in [5, 5.41) is 101. The van der Waals surface area contributed by atoms with Gasteiger partial charge in [0.25, 0.3) is 5.91 Å². The van der Waals surface area contributed by atoms with E-state index in [9.17, 15) is 60.3 Å². The lowest BCUT2D eigenvalue weighted by Gasteiger charge is -2.48. The third kappa shape index (κ3) is 13.7. The zero-order valence-electron chi connectivity index (χ0n) is 43.3. The zero-order chi connectivity index (χ0) is 55.0. The molecular weight excluding hydrogens is 997 g/mol. The molecule has 0 aromatic heterocycles. The summed E-state index contributed by atoms with van der Waals surface area (Å²) in [6.07, 6.45) is -16.7. The lowest BCUT2D eigenvalue weighted by Crippen LogP contribution is -2.66. The van der Waals surface area contributed by atoms with Crippen molar-refractivity contribution in [2.75, 3.05) is 66.0 Å². The fourth-order valence-electron chi connectivity index (χ4n) is 9.47. The standard InChI is InChI=1S/C53H72N4O19/c1-27-41(61)44(64)46(66)52(72-27)76-48-47(75-51-45(65)42(62)35(59)26-71-51)43(63)38(25-58)74-53(48)70-21-11-9-7-6-8-10-12-39(60)54-19-20-55-49(67)28-13-16-31(34(22-28)50(68)69)40-32-17-14-29(56(2)3)23-36(32)73-37-24-30(57(4)5)15-18-33(37)40/h13-18,22-24,27,35,38,41-48,51-53,58-59,61-66H,6-12,19-21,25-26H2,1-5H3,(H2-,54,55,60,67,68,69)/p+1/t27-,35-,38+,41+,42-,43-,44+,45+,46-,47-,48+,51+,52-,53+/m0/s1. The topological polar surface area (TPSA) is 332 Å². The molecule has 2 aromatic rings. The van der Waals surface area contributed by atoms with Crippen molar-refractivity contribution in [3.8, 4) is 22.5 Å². The van der Waals surface area contributed by atoms with Crippen LogP contribution in [0.25, 0.3) is 33.4 Å². The molecule has 7 rings (SSSR count). The number of carboxylic acid groups (broad SMARTS) is 1. The number of nitrogens with one attached hydrogen (secondary N) is 2. The molecule has 4 aliphatic heterocycles. The van der Waals surface area contributed by atoms with Crippen LogP contribution in [0, 0.1) is 0 Å². The summed E-state index contributed by atoms with van der Waals surface area (Å²) in [6.45, 7) is 0.686. The van der Waals surface area contributed by atoms with Crippen molar-refractivity contribution in [3.05, 3.63) is 71.1 Å². The summed E-state index contributed by atoms with van der Waals surface area (Å²) in [4.78, 5) is 40.7. The third-order valence-electron chi connectivity index (χ3n) is 14.0. The smallest absolute Gasteiger partial charge is 0.336 e. The quantitative estimate of drug-likeness (QED) is 0.0274. The normalized spacial score (nSPS) is 28.8. The molecule has 3 fully saturated rings. The maximum absolute atomic E-state index is 13.3. The second-order valence-corrected chi connectivity index (χ2v) is 19.9. The molecule has 76 heavy (non-hydrogen) atoms. The van der Waals surface area contributed by atoms with Gasteiger partial charge in [-0.3, -0.25) is 9.59 Å². The zero-order valence-corrected chi connectivity index (χ0v) is 43.3. The van der Waals surface area contributed by atoms with Crippen molar-refractivity contribution in [1.82, 2.24) is 15.2 Å². The van der Waals surface area contributed by atoms with Crippen LogP contribution < -0.4 is 25.5 Å². The Morgan fingerprint density at radius 3 is 2.12 bits per heavy atom. The number of fused-ring (bicyclic) bond motifs is 2. The third-order valence-corrected chi connectivity index (χ3v) is 14.0. The van der Waals surface area contributed by atoms with Gasteiger partial charge in [-0.1, -0.05) is 31.7 Å². The van der Waals surface area contributed by atoms with Crippen molar-refractivity contribution >= 4 is 34.4 Å². The Kier molecular flexibility index (Phi) is 20.3. The van der Waals surface area contributed by atoms with E-state index in [0.29, 0.717) is 52.7 Å². The first-order chi connectivity index (χ1) is 36.3. The van der Waals surface area contributed by atoms with E-state index >= 15 is 0 Å². The second-order valence-electron chi connectivity index (χ2n) is 19.9. The molecular formula is C53H73N4O19+. The molecule has 418 valence electrons. The molecule has 23 nitrogen and oxygen atoms in total. The van der Waals surface area contributed by atoms with Crippen LogP contribution in [0.3, 0.4) is 0 Å². The highest BCUT2D eigenvalue weighted by Gasteiger charge is 2.53. The fraction of sp³-hybridized carbons (Fsp3) is 0.585. The van der Waals surface area contributed by atoms with Crippen LogP contribution in [0.4, 0.5) is 5.69 Å². The monoisotopic (exact) mass is 1070 g/mol. The van der Waals surface area contributed by atoms with E-state index in [1.807, 2.05) is 74.1 Å². The van der Waals surface area contributed by atoms with Crippen molar-refractivity contribution < 1.29 is 93.2 Å². The van der Waals surface area contributed by atoms with Crippen LogP contribution in [0.5, 0.6) is 0 Å². The van der Waals surface area contributed by atoms with Crippen LogP contribution in [-0.4, -0.2) is 211 Å². The number of amides is 2. The summed E-state index contributed by atoms with van der Waals surface area (Å²) in [5.74, 6) is -1.32. The highest BCUT2D eigenvalue weighted by Crippen LogP contribution is 2.42. The van der Waals surface area contributed by atoms with Gasteiger partial charge in [-0.15, -0.1) is 0 Å². The minimum atomic E-state index is -1.77. The highest BCUT2D eigenvalue weighted by atomic mass is 16.8. The molecule has 5 aliphatic rings. The molecule has 23 heteroatoms. The summed E-state index contributed by atoms with van der Waals surface area (Å²) in [5.41, 5.74) is 3.36. The van der Waals surface area contributed by atoms with Crippen LogP contribution in [-0.2, 0) is 33.2 Å². The number of carboxylic acids is 1. The number of aromatic carboxylic acids is 1. The first-order valence-electron chi connectivity index (χ1n) is 25.6. The number of hydrogen-bond acceptors (Lipinski definition) is 19. The number of carbonyl (C=O) groups excluding carboxylic acids is 2. The van der Waals surface area contributed by atoms with Gasteiger partial charge >= 0.3 is 5.97 Å².